The number of hydrogen-bond acceptors (Lipinski definition) is 6. The van der Waals surface area contributed by atoms with Crippen LogP contribution in [-0.4, -0.2) is 21.8 Å². The molecule has 0 aliphatic carbocycles. The van der Waals surface area contributed by atoms with E-state index in [-0.39, 0.29) is 21.2 Å². The molecule has 2 aromatic carbocycles. The lowest BCUT2D eigenvalue weighted by Crippen LogP contribution is -2.16. The van der Waals surface area contributed by atoms with Crippen molar-refractivity contribution in [2.45, 2.75) is 23.6 Å². The van der Waals surface area contributed by atoms with Crippen LogP contribution in [0.25, 0.3) is 0 Å². The minimum atomic E-state index is -4.11. The second-order valence-electron chi connectivity index (χ2n) is 5.32. The lowest BCUT2D eigenvalue weighted by Gasteiger charge is -2.12. The van der Waals surface area contributed by atoms with Crippen molar-refractivity contribution in [1.82, 2.24) is 0 Å². The molecule has 0 heterocycles. The highest BCUT2D eigenvalue weighted by molar-refractivity contribution is 7.92. The fraction of sp³-hybridized carbons (Fsp3) is 0.143. The molecule has 0 saturated carbocycles. The van der Waals surface area contributed by atoms with Gasteiger partial charge in [-0.05, 0) is 49.2 Å². The molecule has 0 radical (unpaired) electrons. The molecule has 11 heteroatoms. The van der Waals surface area contributed by atoms with E-state index in [1.54, 1.807) is 6.92 Å². The molecule has 0 amide bonds. The number of nitrogens with zero attached hydrogens (tertiary/aromatic N) is 1. The summed E-state index contributed by atoms with van der Waals surface area (Å²) in [6, 6.07) is 7.03. The molecule has 0 atom stereocenters. The average Bonchev–Trinajstić information content (AvgIpc) is 2.48. The van der Waals surface area contributed by atoms with Crippen molar-refractivity contribution in [2.75, 3.05) is 4.72 Å². The molecular weight excluding hydrogens is 370 g/mol. The number of nitrogens with one attached hydrogen (secondary N) is 1. The highest BCUT2D eigenvalue weighted by atomic mass is 32.2. The Kier molecular flexibility index (Phi) is 4.84. The zero-order valence-electron chi connectivity index (χ0n) is 13.3. The Morgan fingerprint density at radius 1 is 1.04 bits per heavy atom. The molecule has 3 N–H and O–H groups in total. The van der Waals surface area contributed by atoms with Gasteiger partial charge in [0.15, 0.2) is 0 Å². The Bertz CT molecular complexity index is 1040. The Morgan fingerprint density at radius 3 is 2.08 bits per heavy atom. The predicted molar refractivity (Wildman–Crippen MR) is 91.2 cm³/mol. The summed E-state index contributed by atoms with van der Waals surface area (Å²) < 4.78 is 49.8. The zero-order valence-corrected chi connectivity index (χ0v) is 14.9. The highest BCUT2D eigenvalue weighted by Gasteiger charge is 2.22. The van der Waals surface area contributed by atoms with E-state index in [2.05, 4.69) is 4.72 Å². The molecule has 0 aromatic heterocycles. The number of nitro groups is 1. The van der Waals surface area contributed by atoms with E-state index in [1.165, 1.54) is 25.1 Å². The van der Waals surface area contributed by atoms with E-state index in [0.29, 0.717) is 11.1 Å². The molecule has 9 nitrogen and oxygen atoms in total. The topological polar surface area (TPSA) is 149 Å². The van der Waals surface area contributed by atoms with Gasteiger partial charge in [0, 0.05) is 17.8 Å². The van der Waals surface area contributed by atoms with Crippen LogP contribution in [0.2, 0.25) is 0 Å². The molecule has 2 rings (SSSR count). The third-order valence-corrected chi connectivity index (χ3v) is 5.98. The van der Waals surface area contributed by atoms with Crippen LogP contribution in [-0.2, 0) is 20.0 Å². The van der Waals surface area contributed by atoms with Gasteiger partial charge >= 0.3 is 0 Å². The molecule has 134 valence electrons. The molecule has 0 spiro atoms. The molecule has 0 fully saturated rings. The summed E-state index contributed by atoms with van der Waals surface area (Å²) in [5, 5.41) is 15.9. The summed E-state index contributed by atoms with van der Waals surface area (Å²) in [7, 11) is -8.00. The highest BCUT2D eigenvalue weighted by Crippen LogP contribution is 2.27. The van der Waals surface area contributed by atoms with E-state index in [1.807, 2.05) is 0 Å². The normalized spacial score (nSPS) is 12.0. The summed E-state index contributed by atoms with van der Waals surface area (Å²) >= 11 is 0. The molecule has 0 unspecified atom stereocenters. The Labute approximate surface area is 144 Å². The maximum Gasteiger partial charge on any atom is 0.271 e. The predicted octanol–water partition coefficient (Wildman–Crippen LogP) is 1.66. The SMILES string of the molecule is Cc1cc([N+](=O)[O-])cc(S(=O)(=O)Nc2ccc(S(N)(=O)=O)cc2)c1C. The van der Waals surface area contributed by atoms with Gasteiger partial charge in [0.1, 0.15) is 0 Å². The summed E-state index contributed by atoms with van der Waals surface area (Å²) in [4.78, 5) is 9.88. The fourth-order valence-electron chi connectivity index (χ4n) is 2.12. The van der Waals surface area contributed by atoms with Gasteiger partial charge < -0.3 is 0 Å². The number of rotatable bonds is 5. The summed E-state index contributed by atoms with van der Waals surface area (Å²) in [5.74, 6) is 0. The maximum atomic E-state index is 12.6. The van der Waals surface area contributed by atoms with Gasteiger partial charge in [0.2, 0.25) is 10.0 Å². The first-order valence-corrected chi connectivity index (χ1v) is 9.86. The van der Waals surface area contributed by atoms with Crippen LogP contribution in [0, 0.1) is 24.0 Å². The van der Waals surface area contributed by atoms with Gasteiger partial charge in [-0.15, -0.1) is 0 Å². The lowest BCUT2D eigenvalue weighted by atomic mass is 10.1. The van der Waals surface area contributed by atoms with Crippen LogP contribution in [0.5, 0.6) is 0 Å². The number of nitro benzene ring substituents is 1. The van der Waals surface area contributed by atoms with Crippen molar-refractivity contribution < 1.29 is 21.8 Å². The molecule has 2 aromatic rings. The Morgan fingerprint density at radius 2 is 1.60 bits per heavy atom. The quantitative estimate of drug-likeness (QED) is 0.590. The van der Waals surface area contributed by atoms with Gasteiger partial charge in [0.25, 0.3) is 15.7 Å². The van der Waals surface area contributed by atoms with Gasteiger partial charge in [-0.1, -0.05) is 0 Å². The van der Waals surface area contributed by atoms with E-state index in [9.17, 15) is 26.9 Å². The lowest BCUT2D eigenvalue weighted by molar-refractivity contribution is -0.385. The summed E-state index contributed by atoms with van der Waals surface area (Å²) in [6.45, 7) is 3.11. The smallest absolute Gasteiger partial charge is 0.271 e. The largest absolute Gasteiger partial charge is 0.280 e. The number of non-ortho nitro benzene ring substituents is 1. The van der Waals surface area contributed by atoms with Crippen LogP contribution in [0.1, 0.15) is 11.1 Å². The number of hydrogen-bond donors (Lipinski definition) is 2. The Balaban J connectivity index is 2.45. The van der Waals surface area contributed by atoms with Crippen molar-refractivity contribution in [2.24, 2.45) is 5.14 Å². The van der Waals surface area contributed by atoms with E-state index in [4.69, 9.17) is 5.14 Å². The van der Waals surface area contributed by atoms with Crippen molar-refractivity contribution in [3.63, 3.8) is 0 Å². The van der Waals surface area contributed by atoms with Gasteiger partial charge in [-0.2, -0.15) is 0 Å². The van der Waals surface area contributed by atoms with Crippen molar-refractivity contribution >= 4 is 31.4 Å². The fourth-order valence-corrected chi connectivity index (χ4v) is 4.03. The van der Waals surface area contributed by atoms with E-state index in [0.717, 1.165) is 18.2 Å². The molecule has 0 aliphatic heterocycles. The second kappa shape index (κ2) is 6.43. The summed E-state index contributed by atoms with van der Waals surface area (Å²) in [6.07, 6.45) is 0. The third kappa shape index (κ3) is 4.13. The van der Waals surface area contributed by atoms with Crippen molar-refractivity contribution in [3.05, 3.63) is 57.6 Å². The van der Waals surface area contributed by atoms with Crippen LogP contribution in [0.15, 0.2) is 46.2 Å². The standard InChI is InChI=1S/C14H15N3O6S2/c1-9-7-12(17(18)19)8-14(10(9)2)25(22,23)16-11-3-5-13(6-4-11)24(15,20)21/h3-8,16H,1-2H3,(H2,15,20,21). The van der Waals surface area contributed by atoms with Gasteiger partial charge in [-0.25, -0.2) is 22.0 Å². The Hall–Kier alpha value is -2.50. The number of sulfonamides is 2. The van der Waals surface area contributed by atoms with E-state index >= 15 is 0 Å². The van der Waals surface area contributed by atoms with Crippen LogP contribution >= 0.6 is 0 Å². The minimum absolute atomic E-state index is 0.0935. The van der Waals surface area contributed by atoms with Crippen LogP contribution < -0.4 is 9.86 Å². The molecule has 0 aliphatic rings. The maximum absolute atomic E-state index is 12.6. The number of nitrogens with two attached hydrogens (primary N) is 1. The first kappa shape index (κ1) is 18.8. The average molecular weight is 385 g/mol. The van der Waals surface area contributed by atoms with Gasteiger partial charge in [0.05, 0.1) is 14.7 Å². The number of benzene rings is 2. The van der Waals surface area contributed by atoms with Crippen LogP contribution in [0.4, 0.5) is 11.4 Å². The third-order valence-electron chi connectivity index (χ3n) is 3.54. The van der Waals surface area contributed by atoms with Crippen molar-refractivity contribution in [3.8, 4) is 0 Å². The first-order valence-electron chi connectivity index (χ1n) is 6.83. The molecule has 0 saturated heterocycles. The molecule has 25 heavy (non-hydrogen) atoms. The molecular formula is C14H15N3O6S2. The van der Waals surface area contributed by atoms with Gasteiger partial charge in [-0.3, -0.25) is 14.8 Å². The van der Waals surface area contributed by atoms with E-state index < -0.39 is 25.0 Å². The second-order valence-corrected chi connectivity index (χ2v) is 8.53. The van der Waals surface area contributed by atoms with Crippen molar-refractivity contribution in [1.29, 1.82) is 0 Å². The summed E-state index contributed by atoms with van der Waals surface area (Å²) in [5.41, 5.74) is 0.586. The van der Waals surface area contributed by atoms with Crippen LogP contribution in [0.3, 0.4) is 0 Å². The number of aryl methyl sites for hydroxylation is 1. The monoisotopic (exact) mass is 385 g/mol. The number of anilines is 1. The number of primary sulfonamides is 1. The minimum Gasteiger partial charge on any atom is -0.280 e. The molecule has 0 bridgehead atoms. The first-order chi connectivity index (χ1) is 11.4. The zero-order chi connectivity index (χ0) is 19.0.